The van der Waals surface area contributed by atoms with E-state index in [1.165, 1.54) is 17.8 Å². The van der Waals surface area contributed by atoms with Crippen molar-refractivity contribution in [3.05, 3.63) is 93.9 Å². The van der Waals surface area contributed by atoms with Gasteiger partial charge in [-0.25, -0.2) is 0 Å². The van der Waals surface area contributed by atoms with E-state index in [4.69, 9.17) is 4.42 Å². The second-order valence-corrected chi connectivity index (χ2v) is 7.04. The van der Waals surface area contributed by atoms with Gasteiger partial charge in [-0.05, 0) is 36.2 Å². The smallest absolute Gasteiger partial charge is 0.293 e. The van der Waals surface area contributed by atoms with Crippen molar-refractivity contribution in [2.24, 2.45) is 0 Å². The Labute approximate surface area is 160 Å². The molecule has 0 bridgehead atoms. The highest BCUT2D eigenvalue weighted by Gasteiger charge is 2.24. The normalized spacial score (nSPS) is 11.7. The second-order valence-electron chi connectivity index (χ2n) is 5.95. The van der Waals surface area contributed by atoms with Gasteiger partial charge in [0.2, 0.25) is 5.91 Å². The molecule has 27 heavy (non-hydrogen) atoms. The van der Waals surface area contributed by atoms with Crippen molar-refractivity contribution in [2.75, 3.05) is 5.32 Å². The van der Waals surface area contributed by atoms with Crippen molar-refractivity contribution in [3.63, 3.8) is 0 Å². The molecule has 2 aromatic carbocycles. The van der Waals surface area contributed by atoms with Crippen molar-refractivity contribution in [2.45, 2.75) is 17.9 Å². The number of carbonyl (C=O) groups is 1. The summed E-state index contributed by atoms with van der Waals surface area (Å²) in [5.41, 5.74) is 1.65. The van der Waals surface area contributed by atoms with Crippen molar-refractivity contribution >= 4 is 29.0 Å². The van der Waals surface area contributed by atoms with E-state index < -0.39 is 10.2 Å². The molecule has 1 aromatic heterocycles. The first-order chi connectivity index (χ1) is 13.0. The minimum Gasteiger partial charge on any atom is -0.468 e. The number of aryl methyl sites for hydroxylation is 1. The molecule has 0 radical (unpaired) electrons. The highest BCUT2D eigenvalue weighted by Crippen LogP contribution is 2.34. The van der Waals surface area contributed by atoms with Gasteiger partial charge in [0.25, 0.3) is 5.69 Å². The lowest BCUT2D eigenvalue weighted by molar-refractivity contribution is -0.384. The molecular formula is C20H18N2O4S. The number of carbonyl (C=O) groups excluding carboxylic acids is 1. The highest BCUT2D eigenvalue weighted by atomic mass is 32.2. The zero-order valence-corrected chi connectivity index (χ0v) is 15.4. The first kappa shape index (κ1) is 18.7. The van der Waals surface area contributed by atoms with Crippen LogP contribution in [0.4, 0.5) is 11.4 Å². The summed E-state index contributed by atoms with van der Waals surface area (Å²) in [7, 11) is 0. The van der Waals surface area contributed by atoms with Crippen LogP contribution in [0.2, 0.25) is 0 Å². The third kappa shape index (κ3) is 4.77. The zero-order valence-electron chi connectivity index (χ0n) is 14.6. The molecule has 3 aromatic rings. The standard InChI is InChI=1S/C20H18N2O4S/c1-14-9-10-17(18(12-14)22(24)25)21-20(23)19(15-6-3-2-4-7-15)27-13-16-8-5-11-26-16/h2-12,19H,13H2,1H3,(H,21,23)/t19-/m1/s1. The van der Waals surface area contributed by atoms with Gasteiger partial charge in [0, 0.05) is 6.07 Å². The van der Waals surface area contributed by atoms with E-state index in [0.29, 0.717) is 5.75 Å². The predicted molar refractivity (Wildman–Crippen MR) is 106 cm³/mol. The maximum atomic E-state index is 12.9. The average Bonchev–Trinajstić information content (AvgIpc) is 3.17. The number of hydrogen-bond donors (Lipinski definition) is 1. The summed E-state index contributed by atoms with van der Waals surface area (Å²) in [6, 6.07) is 17.7. The number of amides is 1. The Hall–Kier alpha value is -3.06. The van der Waals surface area contributed by atoms with Gasteiger partial charge in [-0.2, -0.15) is 0 Å². The van der Waals surface area contributed by atoms with Gasteiger partial charge < -0.3 is 9.73 Å². The number of anilines is 1. The van der Waals surface area contributed by atoms with Crippen LogP contribution in [0.3, 0.4) is 0 Å². The van der Waals surface area contributed by atoms with Gasteiger partial charge in [0.05, 0.1) is 16.9 Å². The lowest BCUT2D eigenvalue weighted by atomic mass is 10.1. The molecule has 1 amide bonds. The number of rotatable bonds is 7. The van der Waals surface area contributed by atoms with Crippen LogP contribution in [0.1, 0.15) is 22.1 Å². The van der Waals surface area contributed by atoms with E-state index >= 15 is 0 Å². The monoisotopic (exact) mass is 382 g/mol. The molecule has 6 nitrogen and oxygen atoms in total. The van der Waals surface area contributed by atoms with Crippen LogP contribution < -0.4 is 5.32 Å². The summed E-state index contributed by atoms with van der Waals surface area (Å²) >= 11 is 1.40. The first-order valence-electron chi connectivity index (χ1n) is 8.29. The third-order valence-electron chi connectivity index (χ3n) is 3.92. The Bertz CT molecular complexity index is 926. The lowest BCUT2D eigenvalue weighted by Gasteiger charge is -2.17. The number of nitrogens with one attached hydrogen (secondary N) is 1. The largest absolute Gasteiger partial charge is 0.468 e. The molecule has 0 aliphatic heterocycles. The van der Waals surface area contributed by atoms with Crippen LogP contribution in [-0.4, -0.2) is 10.8 Å². The fourth-order valence-electron chi connectivity index (χ4n) is 2.61. The number of furan rings is 1. The van der Waals surface area contributed by atoms with E-state index in [2.05, 4.69) is 5.32 Å². The Morgan fingerprint density at radius 1 is 1.19 bits per heavy atom. The highest BCUT2D eigenvalue weighted by molar-refractivity contribution is 7.99. The summed E-state index contributed by atoms with van der Waals surface area (Å²) in [5, 5.41) is 13.5. The second kappa shape index (κ2) is 8.55. The quantitative estimate of drug-likeness (QED) is 0.453. The molecule has 1 heterocycles. The molecule has 0 fully saturated rings. The van der Waals surface area contributed by atoms with Crippen LogP contribution in [0.15, 0.2) is 71.3 Å². The van der Waals surface area contributed by atoms with Crippen LogP contribution in [0, 0.1) is 17.0 Å². The van der Waals surface area contributed by atoms with Crippen LogP contribution in [0.25, 0.3) is 0 Å². The van der Waals surface area contributed by atoms with Crippen LogP contribution >= 0.6 is 11.8 Å². The minimum atomic E-state index is -0.530. The molecule has 1 atom stereocenters. The number of nitro groups is 1. The Balaban J connectivity index is 1.84. The van der Waals surface area contributed by atoms with Gasteiger partial charge in [0.15, 0.2) is 0 Å². The lowest BCUT2D eigenvalue weighted by Crippen LogP contribution is -2.20. The Kier molecular flexibility index (Phi) is 5.93. The zero-order chi connectivity index (χ0) is 19.2. The summed E-state index contributed by atoms with van der Waals surface area (Å²) in [6.45, 7) is 1.77. The van der Waals surface area contributed by atoms with Crippen LogP contribution in [-0.2, 0) is 10.5 Å². The van der Waals surface area contributed by atoms with Crippen molar-refractivity contribution in [1.29, 1.82) is 0 Å². The molecule has 138 valence electrons. The summed E-state index contributed by atoms with van der Waals surface area (Å²) in [5.74, 6) is 0.954. The first-order valence-corrected chi connectivity index (χ1v) is 9.34. The number of nitro benzene ring substituents is 1. The Morgan fingerprint density at radius 2 is 1.96 bits per heavy atom. The molecule has 0 spiro atoms. The average molecular weight is 382 g/mol. The fraction of sp³-hybridized carbons (Fsp3) is 0.150. The van der Waals surface area contributed by atoms with Gasteiger partial charge in [-0.1, -0.05) is 36.4 Å². The van der Waals surface area contributed by atoms with E-state index in [9.17, 15) is 14.9 Å². The van der Waals surface area contributed by atoms with E-state index in [1.807, 2.05) is 36.4 Å². The van der Waals surface area contributed by atoms with Crippen molar-refractivity contribution < 1.29 is 14.1 Å². The van der Waals surface area contributed by atoms with E-state index in [-0.39, 0.29) is 17.3 Å². The molecule has 0 aliphatic rings. The number of benzene rings is 2. The number of thioether (sulfide) groups is 1. The van der Waals surface area contributed by atoms with Gasteiger partial charge in [-0.3, -0.25) is 14.9 Å². The van der Waals surface area contributed by atoms with E-state index in [1.54, 1.807) is 31.4 Å². The number of hydrogen-bond acceptors (Lipinski definition) is 5. The molecule has 3 rings (SSSR count). The molecule has 0 unspecified atom stereocenters. The number of nitrogens with zero attached hydrogens (tertiary/aromatic N) is 1. The Morgan fingerprint density at radius 3 is 2.63 bits per heavy atom. The van der Waals surface area contributed by atoms with E-state index in [0.717, 1.165) is 16.9 Å². The van der Waals surface area contributed by atoms with Gasteiger partial charge >= 0.3 is 0 Å². The predicted octanol–water partition coefficient (Wildman–Crippen LogP) is 5.11. The molecule has 0 aliphatic carbocycles. The van der Waals surface area contributed by atoms with Crippen molar-refractivity contribution in [3.8, 4) is 0 Å². The molecule has 0 saturated carbocycles. The molecule has 7 heteroatoms. The maximum absolute atomic E-state index is 12.9. The molecule has 0 saturated heterocycles. The minimum absolute atomic E-state index is 0.119. The summed E-state index contributed by atoms with van der Waals surface area (Å²) < 4.78 is 5.34. The van der Waals surface area contributed by atoms with Gasteiger partial charge in [0.1, 0.15) is 16.7 Å². The third-order valence-corrected chi connectivity index (χ3v) is 5.19. The van der Waals surface area contributed by atoms with Crippen LogP contribution in [0.5, 0.6) is 0 Å². The molecular weight excluding hydrogens is 364 g/mol. The molecule has 1 N–H and O–H groups in total. The topological polar surface area (TPSA) is 85.4 Å². The summed E-state index contributed by atoms with van der Waals surface area (Å²) in [4.78, 5) is 23.8. The van der Waals surface area contributed by atoms with Gasteiger partial charge in [-0.15, -0.1) is 11.8 Å². The SMILES string of the molecule is Cc1ccc(NC(=O)[C@H](SCc2ccco2)c2ccccc2)c([N+](=O)[O-])c1. The fourth-order valence-corrected chi connectivity index (χ4v) is 3.66. The maximum Gasteiger partial charge on any atom is 0.293 e. The van der Waals surface area contributed by atoms with Crippen molar-refractivity contribution in [1.82, 2.24) is 0 Å². The summed E-state index contributed by atoms with van der Waals surface area (Å²) in [6.07, 6.45) is 1.59.